The van der Waals surface area contributed by atoms with E-state index < -0.39 is 0 Å². The standard InChI is InChI=1S/C15H12ClNO/c1-2-10-9-18-15-12(16)8-13(17-14(10)15)11-6-4-3-5-7-11/h3-9H,2H2,1H3. The highest BCUT2D eigenvalue weighted by Gasteiger charge is 2.12. The molecule has 0 aliphatic rings. The number of hydrogen-bond acceptors (Lipinski definition) is 2. The van der Waals surface area contributed by atoms with Gasteiger partial charge in [0.25, 0.3) is 0 Å². The first kappa shape index (κ1) is 11.3. The molecule has 1 aromatic carbocycles. The molecule has 0 saturated heterocycles. The summed E-state index contributed by atoms with van der Waals surface area (Å²) in [4.78, 5) is 4.66. The second-order valence-corrected chi connectivity index (χ2v) is 4.55. The van der Waals surface area contributed by atoms with Crippen LogP contribution >= 0.6 is 11.6 Å². The largest absolute Gasteiger partial charge is 0.461 e. The van der Waals surface area contributed by atoms with E-state index in [4.69, 9.17) is 16.0 Å². The van der Waals surface area contributed by atoms with Gasteiger partial charge in [0, 0.05) is 11.1 Å². The summed E-state index contributed by atoms with van der Waals surface area (Å²) in [6, 6.07) is 11.9. The molecular weight excluding hydrogens is 246 g/mol. The lowest BCUT2D eigenvalue weighted by Crippen LogP contribution is -1.86. The lowest BCUT2D eigenvalue weighted by atomic mass is 10.1. The van der Waals surface area contributed by atoms with Gasteiger partial charge >= 0.3 is 0 Å². The molecule has 2 aromatic heterocycles. The van der Waals surface area contributed by atoms with E-state index in [-0.39, 0.29) is 0 Å². The van der Waals surface area contributed by atoms with Crippen molar-refractivity contribution in [3.05, 3.63) is 53.2 Å². The average molecular weight is 258 g/mol. The molecule has 3 rings (SSSR count). The van der Waals surface area contributed by atoms with Crippen molar-refractivity contribution in [2.75, 3.05) is 0 Å². The van der Waals surface area contributed by atoms with Crippen molar-refractivity contribution in [1.82, 2.24) is 4.98 Å². The highest BCUT2D eigenvalue weighted by Crippen LogP contribution is 2.31. The van der Waals surface area contributed by atoms with E-state index in [9.17, 15) is 0 Å². The summed E-state index contributed by atoms with van der Waals surface area (Å²) in [5.74, 6) is 0. The Bertz CT molecular complexity index is 688. The molecule has 0 atom stereocenters. The lowest BCUT2D eigenvalue weighted by molar-refractivity contribution is 0.611. The van der Waals surface area contributed by atoms with Crippen LogP contribution in [-0.2, 0) is 6.42 Å². The molecule has 90 valence electrons. The zero-order valence-electron chi connectivity index (χ0n) is 9.98. The maximum atomic E-state index is 6.25. The molecule has 3 aromatic rings. The summed E-state index contributed by atoms with van der Waals surface area (Å²) in [5.41, 5.74) is 4.57. The SMILES string of the molecule is CCc1coc2c(Cl)cc(-c3ccccc3)nc12. The first-order valence-electron chi connectivity index (χ1n) is 5.91. The van der Waals surface area contributed by atoms with Crippen LogP contribution in [0.3, 0.4) is 0 Å². The van der Waals surface area contributed by atoms with Gasteiger partial charge in [-0.15, -0.1) is 0 Å². The van der Waals surface area contributed by atoms with E-state index in [1.165, 1.54) is 0 Å². The van der Waals surface area contributed by atoms with Crippen LogP contribution < -0.4 is 0 Å². The molecule has 0 aliphatic carbocycles. The van der Waals surface area contributed by atoms with Crippen LogP contribution in [0.4, 0.5) is 0 Å². The molecule has 0 aliphatic heterocycles. The van der Waals surface area contributed by atoms with Crippen LogP contribution in [0.2, 0.25) is 5.02 Å². The molecule has 2 heterocycles. The summed E-state index contributed by atoms with van der Waals surface area (Å²) in [6.07, 6.45) is 2.62. The molecule has 0 N–H and O–H groups in total. The van der Waals surface area contributed by atoms with E-state index in [0.717, 1.165) is 28.8 Å². The zero-order chi connectivity index (χ0) is 12.5. The van der Waals surface area contributed by atoms with Crippen LogP contribution in [0.1, 0.15) is 12.5 Å². The Balaban J connectivity index is 2.26. The molecule has 3 heteroatoms. The first-order chi connectivity index (χ1) is 8.79. The Morgan fingerprint density at radius 2 is 2.00 bits per heavy atom. The molecular formula is C15H12ClNO. The predicted molar refractivity (Wildman–Crippen MR) is 73.8 cm³/mol. The molecule has 0 unspecified atom stereocenters. The van der Waals surface area contributed by atoms with E-state index in [1.54, 1.807) is 6.26 Å². The summed E-state index contributed by atoms with van der Waals surface area (Å²) < 4.78 is 5.47. The highest BCUT2D eigenvalue weighted by molar-refractivity contribution is 6.35. The summed E-state index contributed by atoms with van der Waals surface area (Å²) in [6.45, 7) is 2.08. The van der Waals surface area contributed by atoms with Gasteiger partial charge in [0.15, 0.2) is 5.58 Å². The molecule has 0 amide bonds. The minimum atomic E-state index is 0.610. The number of hydrogen-bond donors (Lipinski definition) is 0. The van der Waals surface area contributed by atoms with E-state index >= 15 is 0 Å². The molecule has 0 saturated carbocycles. The summed E-state index contributed by atoms with van der Waals surface area (Å²) in [7, 11) is 0. The third kappa shape index (κ3) is 1.79. The van der Waals surface area contributed by atoms with Crippen molar-refractivity contribution in [1.29, 1.82) is 0 Å². The quantitative estimate of drug-likeness (QED) is 0.664. The third-order valence-electron chi connectivity index (χ3n) is 3.00. The van der Waals surface area contributed by atoms with Gasteiger partial charge in [-0.25, -0.2) is 4.98 Å². The molecule has 0 fully saturated rings. The van der Waals surface area contributed by atoms with Gasteiger partial charge in [-0.1, -0.05) is 48.9 Å². The highest BCUT2D eigenvalue weighted by atomic mass is 35.5. The van der Waals surface area contributed by atoms with Crippen LogP contribution in [-0.4, -0.2) is 4.98 Å². The number of halogens is 1. The first-order valence-corrected chi connectivity index (χ1v) is 6.29. The number of nitrogens with zero attached hydrogens (tertiary/aromatic N) is 1. The lowest BCUT2D eigenvalue weighted by Gasteiger charge is -2.02. The van der Waals surface area contributed by atoms with Gasteiger partial charge in [-0.2, -0.15) is 0 Å². The van der Waals surface area contributed by atoms with Gasteiger partial charge in [0.05, 0.1) is 17.0 Å². The molecule has 0 radical (unpaired) electrons. The number of benzene rings is 1. The Morgan fingerprint density at radius 1 is 1.22 bits per heavy atom. The van der Waals surface area contributed by atoms with E-state index in [0.29, 0.717) is 10.6 Å². The van der Waals surface area contributed by atoms with Crippen molar-refractivity contribution in [2.45, 2.75) is 13.3 Å². The fourth-order valence-electron chi connectivity index (χ4n) is 2.03. The average Bonchev–Trinajstić information content (AvgIpc) is 2.83. The second kappa shape index (κ2) is 4.46. The van der Waals surface area contributed by atoms with Crippen molar-refractivity contribution in [3.8, 4) is 11.3 Å². The number of pyridine rings is 1. The van der Waals surface area contributed by atoms with Crippen molar-refractivity contribution in [3.63, 3.8) is 0 Å². The number of furan rings is 1. The number of fused-ring (bicyclic) bond motifs is 1. The van der Waals surface area contributed by atoms with E-state index in [1.807, 2.05) is 36.4 Å². The topological polar surface area (TPSA) is 26.0 Å². The molecule has 0 bridgehead atoms. The summed E-state index contributed by atoms with van der Waals surface area (Å²) >= 11 is 6.25. The fraction of sp³-hybridized carbons (Fsp3) is 0.133. The van der Waals surface area contributed by atoms with E-state index in [2.05, 4.69) is 11.9 Å². The Labute approximate surface area is 110 Å². The normalized spacial score (nSPS) is 11.0. The van der Waals surface area contributed by atoms with Gasteiger partial charge < -0.3 is 4.42 Å². The van der Waals surface area contributed by atoms with Crippen molar-refractivity contribution < 1.29 is 4.42 Å². The monoisotopic (exact) mass is 257 g/mol. The van der Waals surface area contributed by atoms with Gasteiger partial charge in [0.2, 0.25) is 0 Å². The van der Waals surface area contributed by atoms with Gasteiger partial charge in [-0.05, 0) is 12.5 Å². The Kier molecular flexibility index (Phi) is 2.80. The Hall–Kier alpha value is -1.80. The van der Waals surface area contributed by atoms with Crippen LogP contribution in [0, 0.1) is 0 Å². The number of aryl methyl sites for hydroxylation is 1. The van der Waals surface area contributed by atoms with Gasteiger partial charge in [0.1, 0.15) is 5.52 Å². The molecule has 0 spiro atoms. The maximum absolute atomic E-state index is 6.25. The minimum absolute atomic E-state index is 0.610. The number of rotatable bonds is 2. The maximum Gasteiger partial charge on any atom is 0.171 e. The Morgan fingerprint density at radius 3 is 2.72 bits per heavy atom. The fourth-order valence-corrected chi connectivity index (χ4v) is 2.26. The molecule has 18 heavy (non-hydrogen) atoms. The van der Waals surface area contributed by atoms with Crippen LogP contribution in [0.25, 0.3) is 22.4 Å². The smallest absolute Gasteiger partial charge is 0.171 e. The minimum Gasteiger partial charge on any atom is -0.461 e. The molecule has 2 nitrogen and oxygen atoms in total. The van der Waals surface area contributed by atoms with Crippen LogP contribution in [0.15, 0.2) is 47.1 Å². The predicted octanol–water partition coefficient (Wildman–Crippen LogP) is 4.71. The van der Waals surface area contributed by atoms with Crippen molar-refractivity contribution in [2.24, 2.45) is 0 Å². The van der Waals surface area contributed by atoms with Crippen LogP contribution in [0.5, 0.6) is 0 Å². The van der Waals surface area contributed by atoms with Gasteiger partial charge in [-0.3, -0.25) is 0 Å². The number of aromatic nitrogens is 1. The third-order valence-corrected chi connectivity index (χ3v) is 3.28. The summed E-state index contributed by atoms with van der Waals surface area (Å²) in [5, 5.41) is 0.610. The second-order valence-electron chi connectivity index (χ2n) is 4.15. The van der Waals surface area contributed by atoms with Crippen molar-refractivity contribution >= 4 is 22.7 Å². The zero-order valence-corrected chi connectivity index (χ0v) is 10.7.